The summed E-state index contributed by atoms with van der Waals surface area (Å²) in [5.74, 6) is -5.09. The third-order valence-electron chi connectivity index (χ3n) is 5.59. The third-order valence-corrected chi connectivity index (χ3v) is 7.47. The number of nitrogen functional groups attached to an aromatic ring is 1. The number of thioether (sulfide) groups is 1. The van der Waals surface area contributed by atoms with Gasteiger partial charge in [-0.3, -0.25) is 24.1 Å². The minimum Gasteiger partial charge on any atom is -0.481 e. The maximum absolute atomic E-state index is 12.9. The average molecular weight is 564 g/mol. The number of carboxylic acids is 2. The first-order chi connectivity index (χ1) is 18.0. The lowest BCUT2D eigenvalue weighted by Gasteiger charge is -2.49. The maximum Gasteiger partial charge on any atom is 0.352 e. The first kappa shape index (κ1) is 26.5. The first-order valence-electron chi connectivity index (χ1n) is 10.6. The quantitative estimate of drug-likeness (QED) is 0.0622. The van der Waals surface area contributed by atoms with Crippen LogP contribution in [-0.2, 0) is 32.1 Å². The highest BCUT2D eigenvalue weighted by Gasteiger charge is 2.55. The number of hydrogen-bond acceptors (Lipinski definition) is 12. The number of β-lactam (4-membered cyclic amide) rings is 1. The van der Waals surface area contributed by atoms with Crippen LogP contribution in [-0.4, -0.2) is 82.2 Å². The van der Waals surface area contributed by atoms with Gasteiger partial charge in [-0.15, -0.1) is 11.8 Å². The Balaban J connectivity index is 1.55. The standard InChI is InChI=1S/C20H18N8O8S2/c21-14(31)9-1-2-27(4-7(9)3-10(29)30)5-8-6-37-18-12(17(33)28(18)13(8)19(34)35)23-16(32)11(25-36)15-24-20(22)38-26-15/h1-2,4,12,18H,3,5-6H2,(H7-,21,22,23,24,26,29,30,31,32,34,35,36)/p+1/t12-,18-/m1/s1. The number of primary amides is 1. The molecule has 2 aromatic heterocycles. The summed E-state index contributed by atoms with van der Waals surface area (Å²) in [5, 5.41) is 32.8. The highest BCUT2D eigenvalue weighted by Crippen LogP contribution is 2.40. The lowest BCUT2D eigenvalue weighted by Crippen LogP contribution is -2.71. The number of pyridine rings is 1. The molecule has 18 heteroatoms. The molecule has 0 unspecified atom stereocenters. The summed E-state index contributed by atoms with van der Waals surface area (Å²) in [6, 6.07) is 0.229. The molecular weight excluding hydrogens is 544 g/mol. The Labute approximate surface area is 220 Å². The van der Waals surface area contributed by atoms with E-state index in [-0.39, 0.29) is 40.1 Å². The van der Waals surface area contributed by atoms with E-state index in [1.165, 1.54) is 34.8 Å². The maximum atomic E-state index is 12.9. The molecule has 0 aromatic carbocycles. The fourth-order valence-electron chi connectivity index (χ4n) is 3.99. The average Bonchev–Trinajstić information content (AvgIpc) is 3.27. The van der Waals surface area contributed by atoms with E-state index in [1.807, 2.05) is 0 Å². The number of carbonyl (C=O) groups excluding carboxylic acids is 3. The largest absolute Gasteiger partial charge is 0.481 e. The molecule has 0 bridgehead atoms. The number of fused-ring (bicyclic) bond motifs is 1. The lowest BCUT2D eigenvalue weighted by atomic mass is 10.0. The smallest absolute Gasteiger partial charge is 0.352 e. The molecule has 4 rings (SSSR count). The number of carbonyl (C=O) groups is 5. The number of nitrogens with zero attached hydrogens (tertiary/aromatic N) is 5. The van der Waals surface area contributed by atoms with Gasteiger partial charge >= 0.3 is 11.9 Å². The van der Waals surface area contributed by atoms with Crippen LogP contribution in [0.15, 0.2) is 34.9 Å². The molecular formula is C20H19N8O8S2+. The van der Waals surface area contributed by atoms with E-state index in [4.69, 9.17) is 16.6 Å². The Kier molecular flexibility index (Phi) is 7.26. The summed E-state index contributed by atoms with van der Waals surface area (Å²) < 4.78 is 5.28. The van der Waals surface area contributed by atoms with Crippen molar-refractivity contribution in [2.75, 3.05) is 11.5 Å². The van der Waals surface area contributed by atoms with Crippen LogP contribution >= 0.6 is 23.3 Å². The van der Waals surface area contributed by atoms with Crippen LogP contribution in [0, 0.1) is 0 Å². The lowest BCUT2D eigenvalue weighted by molar-refractivity contribution is -0.689. The van der Waals surface area contributed by atoms with Gasteiger partial charge in [-0.05, 0) is 0 Å². The van der Waals surface area contributed by atoms with Crippen molar-refractivity contribution in [1.82, 2.24) is 19.6 Å². The Hall–Kier alpha value is -4.58. The van der Waals surface area contributed by atoms with Gasteiger partial charge in [0.2, 0.25) is 17.4 Å². The van der Waals surface area contributed by atoms with E-state index < -0.39 is 53.2 Å². The number of hydrogen-bond donors (Lipinski definition) is 6. The molecule has 8 N–H and O–H groups in total. The van der Waals surface area contributed by atoms with Gasteiger partial charge < -0.3 is 32.2 Å². The predicted molar refractivity (Wildman–Crippen MR) is 129 cm³/mol. The molecule has 0 radical (unpaired) electrons. The van der Waals surface area contributed by atoms with Crippen LogP contribution < -0.4 is 21.4 Å². The molecule has 1 saturated heterocycles. The van der Waals surface area contributed by atoms with Gasteiger partial charge in [0.15, 0.2) is 24.1 Å². The number of amides is 3. The number of oxime groups is 1. The highest BCUT2D eigenvalue weighted by atomic mass is 32.2. The van der Waals surface area contributed by atoms with Crippen molar-refractivity contribution >= 4 is 63.8 Å². The molecule has 16 nitrogen and oxygen atoms in total. The Morgan fingerprint density at radius 3 is 2.61 bits per heavy atom. The molecule has 0 spiro atoms. The van der Waals surface area contributed by atoms with Crippen LogP contribution in [0.2, 0.25) is 0 Å². The fraction of sp³-hybridized carbons (Fsp3) is 0.250. The van der Waals surface area contributed by atoms with Gasteiger partial charge in [0.25, 0.3) is 11.8 Å². The predicted octanol–water partition coefficient (Wildman–Crippen LogP) is -2.25. The molecule has 2 atom stereocenters. The summed E-state index contributed by atoms with van der Waals surface area (Å²) in [5.41, 5.74) is 10.5. The fourth-order valence-corrected chi connectivity index (χ4v) is 5.76. The molecule has 198 valence electrons. The second-order valence-electron chi connectivity index (χ2n) is 8.01. The number of rotatable bonds is 9. The van der Waals surface area contributed by atoms with E-state index >= 15 is 0 Å². The number of aliphatic carboxylic acids is 2. The molecule has 2 aromatic rings. The number of anilines is 1. The van der Waals surface area contributed by atoms with Crippen molar-refractivity contribution in [3.05, 3.63) is 46.7 Å². The highest BCUT2D eigenvalue weighted by molar-refractivity contribution is 8.00. The Morgan fingerprint density at radius 1 is 1.29 bits per heavy atom. The van der Waals surface area contributed by atoms with Crippen LogP contribution in [0.4, 0.5) is 5.13 Å². The second-order valence-corrected chi connectivity index (χ2v) is 9.90. The molecule has 2 aliphatic rings. The SMILES string of the molecule is NC(=O)c1cc[n+](CC2=C(C(=O)O)N3C(=O)[C@@H](NC(=O)/C(=N\O)c4nsc(N)n4)[C@H]3SC2)cc1CC(=O)O. The van der Waals surface area contributed by atoms with E-state index in [2.05, 4.69) is 19.8 Å². The molecule has 2 aliphatic heterocycles. The number of nitrogens with one attached hydrogen (secondary N) is 1. The van der Waals surface area contributed by atoms with E-state index in [0.717, 1.165) is 16.4 Å². The summed E-state index contributed by atoms with van der Waals surface area (Å²) >= 11 is 1.97. The number of carboxylic acid groups (broad SMARTS) is 2. The zero-order valence-corrected chi connectivity index (χ0v) is 20.7. The monoisotopic (exact) mass is 563 g/mol. The van der Waals surface area contributed by atoms with Crippen LogP contribution in [0.5, 0.6) is 0 Å². The van der Waals surface area contributed by atoms with Gasteiger partial charge in [-0.1, -0.05) is 5.16 Å². The Morgan fingerprint density at radius 2 is 2.03 bits per heavy atom. The van der Waals surface area contributed by atoms with Gasteiger partial charge in [-0.25, -0.2) is 9.36 Å². The summed E-state index contributed by atoms with van der Waals surface area (Å²) in [7, 11) is 0. The van der Waals surface area contributed by atoms with Crippen molar-refractivity contribution in [1.29, 1.82) is 0 Å². The van der Waals surface area contributed by atoms with Crippen molar-refractivity contribution in [3.63, 3.8) is 0 Å². The molecule has 4 heterocycles. The normalized spacial score (nSPS) is 19.0. The van der Waals surface area contributed by atoms with Gasteiger partial charge in [0.1, 0.15) is 17.1 Å². The van der Waals surface area contributed by atoms with Crippen LogP contribution in [0.1, 0.15) is 21.7 Å². The molecule has 1 fully saturated rings. The molecule has 0 saturated carbocycles. The van der Waals surface area contributed by atoms with Crippen LogP contribution in [0.25, 0.3) is 0 Å². The first-order valence-corrected chi connectivity index (χ1v) is 12.4. The summed E-state index contributed by atoms with van der Waals surface area (Å²) in [6.07, 6.45) is 2.35. The van der Waals surface area contributed by atoms with Crippen molar-refractivity contribution in [2.45, 2.75) is 24.4 Å². The van der Waals surface area contributed by atoms with Gasteiger partial charge in [0, 0.05) is 34.5 Å². The van der Waals surface area contributed by atoms with Crippen molar-refractivity contribution in [2.24, 2.45) is 10.9 Å². The van der Waals surface area contributed by atoms with Gasteiger partial charge in [0.05, 0.1) is 12.0 Å². The summed E-state index contributed by atoms with van der Waals surface area (Å²) in [6.45, 7) is -0.0218. The van der Waals surface area contributed by atoms with Gasteiger partial charge in [-0.2, -0.15) is 9.36 Å². The minimum atomic E-state index is -1.37. The van der Waals surface area contributed by atoms with Crippen molar-refractivity contribution in [3.8, 4) is 0 Å². The topological polar surface area (TPSA) is 255 Å². The minimum absolute atomic E-state index is 0.0204. The number of aromatic nitrogens is 3. The van der Waals surface area contributed by atoms with E-state index in [1.54, 1.807) is 0 Å². The zero-order chi connectivity index (χ0) is 27.7. The van der Waals surface area contributed by atoms with Crippen LogP contribution in [0.3, 0.4) is 0 Å². The zero-order valence-electron chi connectivity index (χ0n) is 19.1. The molecule has 3 amide bonds. The number of nitrogens with two attached hydrogens (primary N) is 2. The van der Waals surface area contributed by atoms with Crippen molar-refractivity contribution < 1.29 is 44.0 Å². The van der Waals surface area contributed by atoms with E-state index in [0.29, 0.717) is 5.57 Å². The second kappa shape index (κ2) is 10.4. The third kappa shape index (κ3) is 4.98. The summed E-state index contributed by atoms with van der Waals surface area (Å²) in [4.78, 5) is 65.3. The molecule has 38 heavy (non-hydrogen) atoms. The molecule has 0 aliphatic carbocycles. The Bertz CT molecular complexity index is 1440. The van der Waals surface area contributed by atoms with E-state index in [9.17, 15) is 34.3 Å².